The van der Waals surface area contributed by atoms with Crippen molar-refractivity contribution in [2.75, 3.05) is 32.3 Å². The number of methoxy groups -OCH3 is 2. The van der Waals surface area contributed by atoms with Crippen molar-refractivity contribution < 1.29 is 23.9 Å². The number of anilines is 1. The molecule has 2 fully saturated rings. The summed E-state index contributed by atoms with van der Waals surface area (Å²) in [5, 5.41) is 2.81. The van der Waals surface area contributed by atoms with E-state index in [9.17, 15) is 14.4 Å². The summed E-state index contributed by atoms with van der Waals surface area (Å²) in [4.78, 5) is 40.0. The van der Waals surface area contributed by atoms with Gasteiger partial charge in [-0.25, -0.2) is 9.69 Å². The van der Waals surface area contributed by atoms with Gasteiger partial charge in [-0.15, -0.1) is 0 Å². The van der Waals surface area contributed by atoms with Crippen LogP contribution in [0.3, 0.4) is 0 Å². The second-order valence-corrected chi connectivity index (χ2v) is 5.68. The molecular formula is C16H19N3O5. The number of imide groups is 1. The zero-order valence-electron chi connectivity index (χ0n) is 13.5. The molecule has 8 nitrogen and oxygen atoms in total. The zero-order chi connectivity index (χ0) is 17.3. The highest BCUT2D eigenvalue weighted by Gasteiger charge is 2.49. The molecule has 1 aromatic rings. The number of likely N-dealkylation sites (tertiary alicyclic amines) is 1. The van der Waals surface area contributed by atoms with Crippen molar-refractivity contribution in [2.45, 2.75) is 18.5 Å². The number of hydrogen-bond acceptors (Lipinski definition) is 5. The summed E-state index contributed by atoms with van der Waals surface area (Å²) in [6, 6.07) is 5.11. The van der Waals surface area contributed by atoms with Crippen molar-refractivity contribution in [3.05, 3.63) is 24.3 Å². The zero-order valence-corrected chi connectivity index (χ0v) is 13.5. The van der Waals surface area contributed by atoms with E-state index in [0.29, 0.717) is 24.4 Å². The van der Waals surface area contributed by atoms with Gasteiger partial charge in [0.2, 0.25) is 5.91 Å². The average molecular weight is 333 g/mol. The first-order valence-electron chi connectivity index (χ1n) is 7.63. The minimum atomic E-state index is -0.712. The van der Waals surface area contributed by atoms with Crippen LogP contribution in [0, 0.1) is 0 Å². The van der Waals surface area contributed by atoms with Crippen molar-refractivity contribution >= 4 is 23.5 Å². The predicted molar refractivity (Wildman–Crippen MR) is 84.8 cm³/mol. The van der Waals surface area contributed by atoms with Gasteiger partial charge in [0.25, 0.3) is 5.91 Å². The Hall–Kier alpha value is -2.61. The van der Waals surface area contributed by atoms with Gasteiger partial charge in [0.15, 0.2) is 0 Å². The lowest BCUT2D eigenvalue weighted by atomic mass is 10.0. The molecule has 2 saturated heterocycles. The van der Waals surface area contributed by atoms with Gasteiger partial charge in [0.05, 0.1) is 18.8 Å². The van der Waals surface area contributed by atoms with Crippen LogP contribution in [0.5, 0.6) is 5.75 Å². The van der Waals surface area contributed by atoms with Gasteiger partial charge in [-0.3, -0.25) is 9.59 Å². The van der Waals surface area contributed by atoms with Crippen LogP contribution in [-0.4, -0.2) is 62.2 Å². The van der Waals surface area contributed by atoms with Crippen LogP contribution in [0.25, 0.3) is 0 Å². The predicted octanol–water partition coefficient (Wildman–Crippen LogP) is 0.367. The molecular weight excluding hydrogens is 314 g/mol. The molecule has 2 unspecified atom stereocenters. The molecule has 0 aromatic heterocycles. The van der Waals surface area contributed by atoms with Crippen molar-refractivity contribution in [3.63, 3.8) is 0 Å². The van der Waals surface area contributed by atoms with Gasteiger partial charge in [-0.1, -0.05) is 6.07 Å². The van der Waals surface area contributed by atoms with Gasteiger partial charge in [-0.2, -0.15) is 0 Å². The van der Waals surface area contributed by atoms with Crippen LogP contribution < -0.4 is 15.0 Å². The number of fused-ring (bicyclic) bond motifs is 1. The van der Waals surface area contributed by atoms with Gasteiger partial charge >= 0.3 is 6.03 Å². The molecule has 2 aliphatic heterocycles. The third-order valence-electron chi connectivity index (χ3n) is 4.28. The summed E-state index contributed by atoms with van der Waals surface area (Å²) in [5.74, 6) is -0.145. The summed E-state index contributed by atoms with van der Waals surface area (Å²) in [6.07, 6.45) is 0.545. The van der Waals surface area contributed by atoms with E-state index in [1.54, 1.807) is 24.3 Å². The fourth-order valence-corrected chi connectivity index (χ4v) is 3.18. The van der Waals surface area contributed by atoms with Crippen molar-refractivity contribution in [1.82, 2.24) is 10.2 Å². The Morgan fingerprint density at radius 1 is 1.33 bits per heavy atom. The highest BCUT2D eigenvalue weighted by atomic mass is 16.5. The molecule has 2 heterocycles. The van der Waals surface area contributed by atoms with Crippen molar-refractivity contribution in [2.24, 2.45) is 0 Å². The second-order valence-electron chi connectivity index (χ2n) is 5.68. The molecule has 0 spiro atoms. The van der Waals surface area contributed by atoms with E-state index < -0.39 is 18.0 Å². The minimum Gasteiger partial charge on any atom is -0.497 e. The van der Waals surface area contributed by atoms with Gasteiger partial charge < -0.3 is 19.7 Å². The molecule has 0 saturated carbocycles. The molecule has 0 radical (unpaired) electrons. The summed E-state index contributed by atoms with van der Waals surface area (Å²) < 4.78 is 10.0. The fourth-order valence-electron chi connectivity index (χ4n) is 3.18. The van der Waals surface area contributed by atoms with Crippen LogP contribution in [0.15, 0.2) is 24.3 Å². The lowest BCUT2D eigenvalue weighted by Crippen LogP contribution is -2.65. The Kier molecular flexibility index (Phi) is 4.39. The maximum absolute atomic E-state index is 12.9. The van der Waals surface area contributed by atoms with Crippen LogP contribution in [-0.2, 0) is 14.3 Å². The molecule has 24 heavy (non-hydrogen) atoms. The number of benzene rings is 1. The summed E-state index contributed by atoms with van der Waals surface area (Å²) >= 11 is 0. The largest absolute Gasteiger partial charge is 0.497 e. The normalized spacial score (nSPS) is 23.1. The second kappa shape index (κ2) is 6.48. The van der Waals surface area contributed by atoms with E-state index in [1.165, 1.54) is 19.1 Å². The number of ether oxygens (including phenoxy) is 2. The molecule has 128 valence electrons. The SMILES string of the molecule is COCC(=O)N1CCC2NC(=O)N(c3cccc(OC)c3)C(=O)C21. The van der Waals surface area contributed by atoms with Gasteiger partial charge in [-0.05, 0) is 18.6 Å². The third-order valence-corrected chi connectivity index (χ3v) is 4.28. The monoisotopic (exact) mass is 333 g/mol. The van der Waals surface area contributed by atoms with E-state index in [0.717, 1.165) is 4.90 Å². The van der Waals surface area contributed by atoms with E-state index >= 15 is 0 Å². The van der Waals surface area contributed by atoms with E-state index in [1.807, 2.05) is 0 Å². The number of amides is 4. The molecule has 3 rings (SSSR count). The van der Waals surface area contributed by atoms with Crippen LogP contribution in [0.2, 0.25) is 0 Å². The Bertz CT molecular complexity index is 677. The van der Waals surface area contributed by atoms with Crippen LogP contribution in [0.1, 0.15) is 6.42 Å². The molecule has 2 atom stereocenters. The van der Waals surface area contributed by atoms with Gasteiger partial charge in [0, 0.05) is 19.7 Å². The first-order chi connectivity index (χ1) is 11.6. The first-order valence-corrected chi connectivity index (χ1v) is 7.63. The van der Waals surface area contributed by atoms with Crippen LogP contribution >= 0.6 is 0 Å². The summed E-state index contributed by atoms with van der Waals surface area (Å²) in [6.45, 7) is 0.319. The molecule has 2 aliphatic rings. The number of rotatable bonds is 4. The number of nitrogens with zero attached hydrogens (tertiary/aromatic N) is 2. The molecule has 0 bridgehead atoms. The Labute approximate surface area is 139 Å². The smallest absolute Gasteiger partial charge is 0.329 e. The van der Waals surface area contributed by atoms with Gasteiger partial charge in [0.1, 0.15) is 18.4 Å². The number of urea groups is 1. The highest BCUT2D eigenvalue weighted by Crippen LogP contribution is 2.29. The molecule has 1 aromatic carbocycles. The lowest BCUT2D eigenvalue weighted by molar-refractivity contribution is -0.140. The van der Waals surface area contributed by atoms with Crippen molar-refractivity contribution in [1.29, 1.82) is 0 Å². The fraction of sp³-hybridized carbons (Fsp3) is 0.438. The van der Waals surface area contributed by atoms with E-state index in [-0.39, 0.29) is 18.6 Å². The summed E-state index contributed by atoms with van der Waals surface area (Å²) in [7, 11) is 2.94. The molecule has 8 heteroatoms. The van der Waals surface area contributed by atoms with Crippen molar-refractivity contribution in [3.8, 4) is 5.75 Å². The third kappa shape index (κ3) is 2.69. The number of carbonyl (C=O) groups excluding carboxylic acids is 3. The number of carbonyl (C=O) groups is 3. The standard InChI is InChI=1S/C16H19N3O5/c1-23-9-13(20)18-7-6-12-14(18)15(21)19(16(22)17-12)10-4-3-5-11(8-10)24-2/h3-5,8,12,14H,6-7,9H2,1-2H3,(H,17,22). The number of hydrogen-bond donors (Lipinski definition) is 1. The maximum Gasteiger partial charge on any atom is 0.329 e. The quantitative estimate of drug-likeness (QED) is 0.860. The molecule has 4 amide bonds. The lowest BCUT2D eigenvalue weighted by Gasteiger charge is -2.36. The summed E-state index contributed by atoms with van der Waals surface area (Å²) in [5.41, 5.74) is 0.404. The average Bonchev–Trinajstić information content (AvgIpc) is 2.99. The molecule has 1 N–H and O–H groups in total. The topological polar surface area (TPSA) is 88.2 Å². The first kappa shape index (κ1) is 16.3. The van der Waals surface area contributed by atoms with E-state index in [4.69, 9.17) is 9.47 Å². The molecule has 0 aliphatic carbocycles. The minimum absolute atomic E-state index is 0.0936. The Morgan fingerprint density at radius 3 is 2.83 bits per heavy atom. The van der Waals surface area contributed by atoms with Crippen LogP contribution in [0.4, 0.5) is 10.5 Å². The Morgan fingerprint density at radius 2 is 2.12 bits per heavy atom. The number of nitrogens with one attached hydrogen (secondary N) is 1. The van der Waals surface area contributed by atoms with E-state index in [2.05, 4.69) is 5.32 Å². The maximum atomic E-state index is 12.9. The highest BCUT2D eigenvalue weighted by molar-refractivity contribution is 6.19. The Balaban J connectivity index is 1.90.